The fourth-order valence-corrected chi connectivity index (χ4v) is 5.16. The zero-order chi connectivity index (χ0) is 30.9. The number of likely N-dealkylation sites (tertiary alicyclic amines) is 1. The number of hydrogen-bond acceptors (Lipinski definition) is 8. The summed E-state index contributed by atoms with van der Waals surface area (Å²) in [5, 5.41) is 4.21. The van der Waals surface area contributed by atoms with Crippen LogP contribution in [0.3, 0.4) is 0 Å². The molecule has 0 spiro atoms. The fraction of sp³-hybridized carbons (Fsp3) is 0.429. The molecular weight excluding hydrogens is 580 g/mol. The number of methoxy groups -OCH3 is 1. The minimum Gasteiger partial charge on any atom is -0.490 e. The maximum absolute atomic E-state index is 14.4. The van der Waals surface area contributed by atoms with E-state index in [0.717, 1.165) is 15.8 Å². The number of ether oxygens (including phenoxy) is 3. The largest absolute Gasteiger partial charge is 0.490 e. The van der Waals surface area contributed by atoms with Gasteiger partial charge in [0.25, 0.3) is 11.8 Å². The Morgan fingerprint density at radius 2 is 1.81 bits per heavy atom. The lowest BCUT2D eigenvalue weighted by atomic mass is 9.91. The van der Waals surface area contributed by atoms with Crippen molar-refractivity contribution in [2.24, 2.45) is 5.92 Å². The number of furan rings is 1. The summed E-state index contributed by atoms with van der Waals surface area (Å²) in [6, 6.07) is 5.27. The maximum atomic E-state index is 14.4. The highest BCUT2D eigenvalue weighted by molar-refractivity contribution is 5.97. The highest BCUT2D eigenvalue weighted by Gasteiger charge is 2.58. The maximum Gasteiger partial charge on any atom is 0.401 e. The number of aromatic nitrogens is 2. The van der Waals surface area contributed by atoms with Gasteiger partial charge in [-0.2, -0.15) is 23.0 Å². The molecule has 43 heavy (non-hydrogen) atoms. The van der Waals surface area contributed by atoms with E-state index in [1.54, 1.807) is 6.92 Å². The second-order valence-electron chi connectivity index (χ2n) is 10.2. The lowest BCUT2D eigenvalue weighted by Gasteiger charge is -2.28. The number of benzene rings is 1. The molecule has 2 saturated heterocycles. The lowest BCUT2D eigenvalue weighted by molar-refractivity contribution is -0.184. The summed E-state index contributed by atoms with van der Waals surface area (Å²) in [6.07, 6.45) is -2.54. The van der Waals surface area contributed by atoms with Crippen LogP contribution in [0.15, 0.2) is 41.2 Å². The second-order valence-corrected chi connectivity index (χ2v) is 10.2. The molecule has 2 aliphatic rings. The van der Waals surface area contributed by atoms with Crippen molar-refractivity contribution in [3.05, 3.63) is 65.0 Å². The first-order valence-electron chi connectivity index (χ1n) is 13.3. The Morgan fingerprint density at radius 1 is 1.12 bits per heavy atom. The monoisotopic (exact) mass is 608 g/mol. The van der Waals surface area contributed by atoms with Gasteiger partial charge in [-0.1, -0.05) is 12.1 Å². The number of morpholine rings is 1. The molecular formula is C28H28F4N4O7. The average molecular weight is 609 g/mol. The first-order chi connectivity index (χ1) is 20.5. The SMILES string of the molecule is COc1c(C2CN(CC(=O)N3CCOCC3)C(=O)C2C(F)(F)F)nn(C(=O)c2cocc2C)c1OCc1ccc(F)cc1. The van der Waals surface area contributed by atoms with Crippen molar-refractivity contribution in [1.29, 1.82) is 0 Å². The predicted molar refractivity (Wildman–Crippen MR) is 139 cm³/mol. The molecule has 0 saturated carbocycles. The molecule has 1 aromatic carbocycles. The average Bonchev–Trinajstić information content (AvgIpc) is 3.67. The highest BCUT2D eigenvalue weighted by Crippen LogP contribution is 2.48. The quantitative estimate of drug-likeness (QED) is 0.358. The molecule has 0 radical (unpaired) electrons. The van der Waals surface area contributed by atoms with E-state index < -0.39 is 54.6 Å². The molecule has 230 valence electrons. The molecule has 0 N–H and O–H groups in total. The van der Waals surface area contributed by atoms with Gasteiger partial charge in [-0.15, -0.1) is 0 Å². The molecule has 2 unspecified atom stereocenters. The van der Waals surface area contributed by atoms with Crippen LogP contribution >= 0.6 is 0 Å². The Bertz CT molecular complexity index is 1500. The van der Waals surface area contributed by atoms with Gasteiger partial charge in [0.2, 0.25) is 17.6 Å². The van der Waals surface area contributed by atoms with E-state index in [-0.39, 0.29) is 55.8 Å². The van der Waals surface area contributed by atoms with Gasteiger partial charge in [0.1, 0.15) is 30.3 Å². The molecule has 11 nitrogen and oxygen atoms in total. The van der Waals surface area contributed by atoms with E-state index in [4.69, 9.17) is 18.6 Å². The third-order valence-electron chi connectivity index (χ3n) is 7.39. The van der Waals surface area contributed by atoms with E-state index >= 15 is 0 Å². The number of aryl methyl sites for hydroxylation is 1. The van der Waals surface area contributed by atoms with Crippen LogP contribution in [0, 0.1) is 18.7 Å². The lowest BCUT2D eigenvalue weighted by Crippen LogP contribution is -2.46. The number of amides is 2. The van der Waals surface area contributed by atoms with Gasteiger partial charge in [-0.25, -0.2) is 4.39 Å². The molecule has 15 heteroatoms. The van der Waals surface area contributed by atoms with Gasteiger partial charge in [0.15, 0.2) is 0 Å². The molecule has 2 amide bonds. The van der Waals surface area contributed by atoms with E-state index in [9.17, 15) is 31.9 Å². The molecule has 0 bridgehead atoms. The Labute approximate surface area is 242 Å². The summed E-state index contributed by atoms with van der Waals surface area (Å²) < 4.78 is 79.0. The summed E-state index contributed by atoms with van der Waals surface area (Å²) in [4.78, 5) is 41.8. The van der Waals surface area contributed by atoms with Crippen LogP contribution in [0.5, 0.6) is 11.6 Å². The van der Waals surface area contributed by atoms with E-state index in [0.29, 0.717) is 11.1 Å². The van der Waals surface area contributed by atoms with Gasteiger partial charge >= 0.3 is 6.18 Å². The summed E-state index contributed by atoms with van der Waals surface area (Å²) in [7, 11) is 1.17. The second kappa shape index (κ2) is 12.1. The van der Waals surface area contributed by atoms with Gasteiger partial charge in [-0.3, -0.25) is 14.4 Å². The fourth-order valence-electron chi connectivity index (χ4n) is 5.16. The topological polar surface area (TPSA) is 116 Å². The highest BCUT2D eigenvalue weighted by atomic mass is 19.4. The first-order valence-corrected chi connectivity index (χ1v) is 13.3. The van der Waals surface area contributed by atoms with Crippen molar-refractivity contribution in [3.8, 4) is 11.6 Å². The minimum atomic E-state index is -5.01. The van der Waals surface area contributed by atoms with Crippen LogP contribution < -0.4 is 9.47 Å². The van der Waals surface area contributed by atoms with Crippen molar-refractivity contribution in [3.63, 3.8) is 0 Å². The van der Waals surface area contributed by atoms with E-state index in [1.165, 1.54) is 42.5 Å². The Kier molecular flexibility index (Phi) is 8.44. The third-order valence-corrected chi connectivity index (χ3v) is 7.39. The summed E-state index contributed by atoms with van der Waals surface area (Å²) in [5.41, 5.74) is 0.642. The van der Waals surface area contributed by atoms with Crippen LogP contribution in [0.2, 0.25) is 0 Å². The van der Waals surface area contributed by atoms with E-state index in [2.05, 4.69) is 5.10 Å². The van der Waals surface area contributed by atoms with Crippen molar-refractivity contribution >= 4 is 17.7 Å². The number of hydrogen-bond donors (Lipinski definition) is 0. The van der Waals surface area contributed by atoms with Crippen molar-refractivity contribution in [2.45, 2.75) is 25.6 Å². The van der Waals surface area contributed by atoms with Crippen LogP contribution in [-0.2, 0) is 20.9 Å². The van der Waals surface area contributed by atoms with Gasteiger partial charge in [0, 0.05) is 31.1 Å². The van der Waals surface area contributed by atoms with Crippen molar-refractivity contribution in [1.82, 2.24) is 19.6 Å². The predicted octanol–water partition coefficient (Wildman–Crippen LogP) is 3.16. The Hall–Kier alpha value is -4.40. The molecule has 0 aliphatic carbocycles. The summed E-state index contributed by atoms with van der Waals surface area (Å²) >= 11 is 0. The molecule has 2 fully saturated rings. The molecule has 4 heterocycles. The molecule has 2 aliphatic heterocycles. The van der Waals surface area contributed by atoms with Crippen molar-refractivity contribution < 1.29 is 50.6 Å². The standard InChI is InChI=1S/C28H28F4N4O7/c1-16-13-42-15-20(16)25(38)36-27(43-14-17-3-5-18(29)6-4-17)24(40-2)23(33-36)19-11-35(26(39)22(19)28(30,31)32)12-21(37)34-7-9-41-10-8-34/h3-6,13,15,19,22H,7-12,14H2,1-2H3. The van der Waals surface area contributed by atoms with Crippen LogP contribution in [0.1, 0.15) is 33.1 Å². The third kappa shape index (κ3) is 6.07. The minimum absolute atomic E-state index is 0.0657. The molecule has 2 aromatic heterocycles. The molecule has 3 aromatic rings. The van der Waals surface area contributed by atoms with Crippen LogP contribution in [-0.4, -0.2) is 90.0 Å². The van der Waals surface area contributed by atoms with E-state index in [1.807, 2.05) is 0 Å². The molecule has 5 rings (SSSR count). The number of carbonyl (C=O) groups is 3. The number of alkyl halides is 3. The number of carbonyl (C=O) groups excluding carboxylic acids is 3. The number of nitrogens with zero attached hydrogens (tertiary/aromatic N) is 4. The van der Waals surface area contributed by atoms with Crippen LogP contribution in [0.4, 0.5) is 17.6 Å². The number of halogens is 4. The summed E-state index contributed by atoms with van der Waals surface area (Å²) in [6.45, 7) is 1.39. The Balaban J connectivity index is 1.53. The zero-order valence-corrected chi connectivity index (χ0v) is 23.2. The smallest absolute Gasteiger partial charge is 0.401 e. The summed E-state index contributed by atoms with van der Waals surface area (Å²) in [5.74, 6) is -7.86. The number of rotatable bonds is 8. The van der Waals surface area contributed by atoms with Gasteiger partial charge in [0.05, 0.1) is 38.7 Å². The first kappa shape index (κ1) is 30.1. The van der Waals surface area contributed by atoms with Gasteiger partial charge in [-0.05, 0) is 24.6 Å². The zero-order valence-electron chi connectivity index (χ0n) is 23.2. The molecule has 2 atom stereocenters. The normalized spacial score (nSPS) is 19.2. The Morgan fingerprint density at radius 3 is 2.42 bits per heavy atom. The van der Waals surface area contributed by atoms with Gasteiger partial charge < -0.3 is 28.4 Å². The van der Waals surface area contributed by atoms with Crippen LogP contribution in [0.25, 0.3) is 0 Å². The van der Waals surface area contributed by atoms with Crippen molar-refractivity contribution in [2.75, 3.05) is 46.5 Å².